The molecule has 1 N–H and O–H groups in total. The van der Waals surface area contributed by atoms with Gasteiger partial charge in [-0.25, -0.2) is 17.7 Å². The molecular weight excluding hydrogens is 434 g/mol. The minimum atomic E-state index is -3.51. The van der Waals surface area contributed by atoms with Crippen molar-refractivity contribution < 1.29 is 13.2 Å². The number of aromatic nitrogens is 1. The molecule has 33 heavy (non-hydrogen) atoms. The molecule has 1 aliphatic carbocycles. The maximum absolute atomic E-state index is 13.2. The molecule has 1 aromatic heterocycles. The van der Waals surface area contributed by atoms with E-state index in [2.05, 4.69) is 12.2 Å². The van der Waals surface area contributed by atoms with Gasteiger partial charge in [-0.15, -0.1) is 0 Å². The number of para-hydroxylation sites is 1. The second-order valence-electron chi connectivity index (χ2n) is 8.98. The van der Waals surface area contributed by atoms with E-state index in [1.807, 2.05) is 24.3 Å². The predicted octanol–water partition coefficient (Wildman–Crippen LogP) is 4.52. The lowest BCUT2D eigenvalue weighted by atomic mass is 9.83. The molecule has 173 valence electrons. The number of sulfonamides is 1. The quantitative estimate of drug-likeness (QED) is 0.582. The number of amides is 1. The Morgan fingerprint density at radius 2 is 1.73 bits per heavy atom. The number of nitrogens with one attached hydrogen (secondary N) is 1. The van der Waals surface area contributed by atoms with Crippen LogP contribution in [0.4, 0.5) is 0 Å². The molecule has 1 fully saturated rings. The Hall–Kier alpha value is -2.77. The number of fused-ring (bicyclic) bond motifs is 1. The van der Waals surface area contributed by atoms with Gasteiger partial charge < -0.3 is 5.32 Å². The first-order valence-corrected chi connectivity index (χ1v) is 12.7. The number of carbonyl (C=O) groups is 1. The van der Waals surface area contributed by atoms with Crippen molar-refractivity contribution in [1.82, 2.24) is 14.6 Å². The van der Waals surface area contributed by atoms with E-state index >= 15 is 0 Å². The second kappa shape index (κ2) is 9.61. The fraction of sp³-hybridized carbons (Fsp3) is 0.346. The summed E-state index contributed by atoms with van der Waals surface area (Å²) in [6.07, 6.45) is 4.42. The monoisotopic (exact) mass is 464 g/mol. The smallest absolute Gasteiger partial charge is 0.252 e. The second-order valence-corrected chi connectivity index (χ2v) is 11.1. The standard InChI is InChI=1S/C26H30N3O3S/c1-18-8-10-19(11-9-18)17-27-26(30)23-16-25(28-24-7-5-4-6-22(23)24)20-12-14-21(15-13-20)33(31,32)29(2)3/h4-7,12-16,18-19H,1,8-11,17H2,2-3H3,(H,27,30)/t18-,19-. The summed E-state index contributed by atoms with van der Waals surface area (Å²) < 4.78 is 25.9. The number of rotatable bonds is 6. The third kappa shape index (κ3) is 5.09. The van der Waals surface area contributed by atoms with Crippen molar-refractivity contribution in [1.29, 1.82) is 0 Å². The van der Waals surface area contributed by atoms with E-state index in [1.54, 1.807) is 30.3 Å². The predicted molar refractivity (Wildman–Crippen MR) is 131 cm³/mol. The topological polar surface area (TPSA) is 79.4 Å². The molecule has 0 unspecified atom stereocenters. The minimum Gasteiger partial charge on any atom is -0.352 e. The zero-order valence-corrected chi connectivity index (χ0v) is 19.9. The number of carbonyl (C=O) groups excluding carboxylic acids is 1. The van der Waals surface area contributed by atoms with Crippen molar-refractivity contribution in [3.63, 3.8) is 0 Å². The molecule has 7 heteroatoms. The Morgan fingerprint density at radius 1 is 1.06 bits per heavy atom. The van der Waals surface area contributed by atoms with Crippen LogP contribution in [0, 0.1) is 18.8 Å². The molecule has 0 aliphatic heterocycles. The van der Waals surface area contributed by atoms with Gasteiger partial charge in [-0.1, -0.05) is 50.1 Å². The Kier molecular flexibility index (Phi) is 6.81. The average molecular weight is 465 g/mol. The molecule has 0 spiro atoms. The van der Waals surface area contributed by atoms with Crippen LogP contribution >= 0.6 is 0 Å². The number of nitrogens with zero attached hydrogens (tertiary/aromatic N) is 2. The van der Waals surface area contributed by atoms with Crippen LogP contribution in [0.25, 0.3) is 22.2 Å². The highest BCUT2D eigenvalue weighted by atomic mass is 32.2. The lowest BCUT2D eigenvalue weighted by Gasteiger charge is -2.26. The summed E-state index contributed by atoms with van der Waals surface area (Å²) in [6, 6.07) is 16.0. The summed E-state index contributed by atoms with van der Waals surface area (Å²) in [6.45, 7) is 4.81. The van der Waals surface area contributed by atoms with Gasteiger partial charge in [0.2, 0.25) is 10.0 Å². The zero-order chi connectivity index (χ0) is 23.6. The van der Waals surface area contributed by atoms with Gasteiger partial charge in [0.05, 0.1) is 21.7 Å². The number of benzene rings is 2. The molecular formula is C26H30N3O3S. The van der Waals surface area contributed by atoms with Crippen LogP contribution in [0.2, 0.25) is 0 Å². The summed E-state index contributed by atoms with van der Waals surface area (Å²) >= 11 is 0. The average Bonchev–Trinajstić information content (AvgIpc) is 2.82. The van der Waals surface area contributed by atoms with E-state index in [0.29, 0.717) is 29.6 Å². The van der Waals surface area contributed by atoms with Crippen molar-refractivity contribution in [2.75, 3.05) is 20.6 Å². The van der Waals surface area contributed by atoms with Crippen LogP contribution in [0.3, 0.4) is 0 Å². The summed E-state index contributed by atoms with van der Waals surface area (Å²) in [7, 11) is -0.501. The molecule has 4 rings (SSSR count). The van der Waals surface area contributed by atoms with E-state index in [9.17, 15) is 13.2 Å². The van der Waals surface area contributed by atoms with Gasteiger partial charge in [0.25, 0.3) is 5.91 Å². The molecule has 1 radical (unpaired) electrons. The molecule has 1 amide bonds. The maximum atomic E-state index is 13.2. The molecule has 0 bridgehead atoms. The van der Waals surface area contributed by atoms with Gasteiger partial charge in [0.1, 0.15) is 0 Å². The van der Waals surface area contributed by atoms with Gasteiger partial charge >= 0.3 is 0 Å². The first-order chi connectivity index (χ1) is 15.8. The van der Waals surface area contributed by atoms with Crippen LogP contribution in [-0.2, 0) is 10.0 Å². The van der Waals surface area contributed by atoms with Crippen LogP contribution in [0.5, 0.6) is 0 Å². The molecule has 1 heterocycles. The highest BCUT2D eigenvalue weighted by molar-refractivity contribution is 7.89. The number of hydrogen-bond acceptors (Lipinski definition) is 4. The van der Waals surface area contributed by atoms with Crippen molar-refractivity contribution >= 4 is 26.8 Å². The Balaban J connectivity index is 1.62. The SMILES string of the molecule is [CH2][C@H]1CC[C@H](CNC(=O)c2cc(-c3ccc(S(=O)(=O)N(C)C)cc3)nc3ccccc23)CC1. The lowest BCUT2D eigenvalue weighted by Crippen LogP contribution is -2.31. The van der Waals surface area contributed by atoms with E-state index in [-0.39, 0.29) is 10.8 Å². The molecule has 3 aromatic rings. The number of hydrogen-bond donors (Lipinski definition) is 1. The van der Waals surface area contributed by atoms with Crippen molar-refractivity contribution in [2.45, 2.75) is 30.6 Å². The van der Waals surface area contributed by atoms with Gasteiger partial charge in [0.15, 0.2) is 0 Å². The molecule has 2 aromatic carbocycles. The largest absolute Gasteiger partial charge is 0.352 e. The Bertz CT molecular complexity index is 1250. The first-order valence-electron chi connectivity index (χ1n) is 11.3. The van der Waals surface area contributed by atoms with Gasteiger partial charge in [-0.3, -0.25) is 4.79 Å². The van der Waals surface area contributed by atoms with E-state index in [0.717, 1.165) is 42.1 Å². The minimum absolute atomic E-state index is 0.113. The Morgan fingerprint density at radius 3 is 2.39 bits per heavy atom. The van der Waals surface area contributed by atoms with E-state index < -0.39 is 10.0 Å². The Labute approximate surface area is 196 Å². The summed E-state index contributed by atoms with van der Waals surface area (Å²) in [5, 5.41) is 3.92. The number of pyridine rings is 1. The van der Waals surface area contributed by atoms with Crippen LogP contribution in [-0.4, -0.2) is 44.3 Å². The first kappa shape index (κ1) is 23.4. The fourth-order valence-corrected chi connectivity index (χ4v) is 5.19. The highest BCUT2D eigenvalue weighted by Crippen LogP contribution is 2.29. The van der Waals surface area contributed by atoms with Crippen LogP contribution in [0.1, 0.15) is 36.0 Å². The molecule has 1 aliphatic rings. The zero-order valence-electron chi connectivity index (χ0n) is 19.1. The van der Waals surface area contributed by atoms with Gasteiger partial charge in [-0.05, 0) is 48.9 Å². The van der Waals surface area contributed by atoms with Crippen molar-refractivity contribution in [3.05, 3.63) is 67.1 Å². The highest BCUT2D eigenvalue weighted by Gasteiger charge is 2.21. The molecule has 0 atom stereocenters. The maximum Gasteiger partial charge on any atom is 0.252 e. The third-order valence-electron chi connectivity index (χ3n) is 6.41. The summed E-state index contributed by atoms with van der Waals surface area (Å²) in [5.74, 6) is 0.909. The normalized spacial score (nSPS) is 19.0. The van der Waals surface area contributed by atoms with Gasteiger partial charge in [0, 0.05) is 31.6 Å². The van der Waals surface area contributed by atoms with Crippen molar-refractivity contribution in [3.8, 4) is 11.3 Å². The van der Waals surface area contributed by atoms with Gasteiger partial charge in [-0.2, -0.15) is 0 Å². The van der Waals surface area contributed by atoms with E-state index in [4.69, 9.17) is 4.98 Å². The van der Waals surface area contributed by atoms with Crippen molar-refractivity contribution in [2.24, 2.45) is 11.8 Å². The van der Waals surface area contributed by atoms with Crippen LogP contribution < -0.4 is 5.32 Å². The lowest BCUT2D eigenvalue weighted by molar-refractivity contribution is 0.0944. The molecule has 0 saturated heterocycles. The fourth-order valence-electron chi connectivity index (χ4n) is 4.29. The molecule has 6 nitrogen and oxygen atoms in total. The summed E-state index contributed by atoms with van der Waals surface area (Å²) in [5.41, 5.74) is 2.68. The van der Waals surface area contributed by atoms with Crippen LogP contribution in [0.15, 0.2) is 59.5 Å². The molecule has 1 saturated carbocycles. The van der Waals surface area contributed by atoms with E-state index in [1.165, 1.54) is 18.4 Å². The summed E-state index contributed by atoms with van der Waals surface area (Å²) in [4.78, 5) is 18.1. The third-order valence-corrected chi connectivity index (χ3v) is 8.24.